The van der Waals surface area contributed by atoms with Crippen LogP contribution < -0.4 is 10.1 Å². The van der Waals surface area contributed by atoms with Gasteiger partial charge < -0.3 is 14.6 Å². The van der Waals surface area contributed by atoms with E-state index in [1.54, 1.807) is 18.5 Å². The van der Waals surface area contributed by atoms with Gasteiger partial charge in [-0.25, -0.2) is 13.4 Å². The van der Waals surface area contributed by atoms with Gasteiger partial charge in [0.05, 0.1) is 12.6 Å². The Balaban J connectivity index is 1.39. The normalized spacial score (nSPS) is 20.4. The van der Waals surface area contributed by atoms with Gasteiger partial charge in [0, 0.05) is 48.7 Å². The molecule has 10 heteroatoms. The summed E-state index contributed by atoms with van der Waals surface area (Å²) < 4.78 is 35.4. The molecular formula is C20H25BrN4O4S. The van der Waals surface area contributed by atoms with Gasteiger partial charge in [0.2, 0.25) is 5.91 Å². The number of nitrogens with zero attached hydrogens (tertiary/aromatic N) is 3. The number of carbonyl (C=O) groups is 1. The topological polar surface area (TPSA) is 93.5 Å². The number of fused-ring (bicyclic) bond motifs is 1. The molecule has 2 aromatic rings. The van der Waals surface area contributed by atoms with E-state index >= 15 is 0 Å². The zero-order chi connectivity index (χ0) is 21.5. The zero-order valence-corrected chi connectivity index (χ0v) is 19.4. The number of halogens is 1. The number of sulfonamides is 1. The molecule has 1 unspecified atom stereocenters. The third kappa shape index (κ3) is 4.13. The standard InChI is InChI=1S/C20H25BrN4O4S/c1-13-22-19(12-24(13)2)30(27,28)25-8-5-14(6-9-25)20(26)23-17-7-10-29-18-4-3-15(21)11-16(17)18/h3-4,11-12,14,17H,5-10H2,1-2H3,(H,23,26). The molecule has 2 aliphatic heterocycles. The Kier molecular flexibility index (Phi) is 5.91. The van der Waals surface area contributed by atoms with Gasteiger partial charge in [0.15, 0.2) is 5.03 Å². The number of carbonyl (C=O) groups excluding carboxylic acids is 1. The Morgan fingerprint density at radius 2 is 2.00 bits per heavy atom. The second-order valence-corrected chi connectivity index (χ2v) is 10.6. The summed E-state index contributed by atoms with van der Waals surface area (Å²) in [4.78, 5) is 17.0. The van der Waals surface area contributed by atoms with Crippen molar-refractivity contribution in [2.75, 3.05) is 19.7 Å². The Morgan fingerprint density at radius 1 is 1.27 bits per heavy atom. The van der Waals surface area contributed by atoms with Crippen LogP contribution in [0.2, 0.25) is 0 Å². The van der Waals surface area contributed by atoms with E-state index < -0.39 is 10.0 Å². The highest BCUT2D eigenvalue weighted by atomic mass is 79.9. The minimum absolute atomic E-state index is 0.0291. The van der Waals surface area contributed by atoms with E-state index in [9.17, 15) is 13.2 Å². The largest absolute Gasteiger partial charge is 0.493 e. The van der Waals surface area contributed by atoms with Crippen molar-refractivity contribution < 1.29 is 17.9 Å². The highest BCUT2D eigenvalue weighted by molar-refractivity contribution is 9.10. The van der Waals surface area contributed by atoms with Crippen LogP contribution in [-0.2, 0) is 21.9 Å². The van der Waals surface area contributed by atoms with Crippen molar-refractivity contribution in [3.05, 3.63) is 40.3 Å². The number of aryl methyl sites for hydroxylation is 2. The molecule has 0 saturated carbocycles. The van der Waals surface area contributed by atoms with Crippen molar-refractivity contribution in [3.8, 4) is 5.75 Å². The van der Waals surface area contributed by atoms with Gasteiger partial charge in [-0.15, -0.1) is 0 Å². The molecule has 0 spiro atoms. The van der Waals surface area contributed by atoms with Crippen LogP contribution in [0.25, 0.3) is 0 Å². The predicted molar refractivity (Wildman–Crippen MR) is 115 cm³/mol. The zero-order valence-electron chi connectivity index (χ0n) is 17.0. The number of nitrogens with one attached hydrogen (secondary N) is 1. The molecular weight excluding hydrogens is 472 g/mol. The fourth-order valence-electron chi connectivity index (χ4n) is 3.95. The molecule has 2 aliphatic rings. The summed E-state index contributed by atoms with van der Waals surface area (Å²) in [5, 5.41) is 3.21. The molecule has 1 atom stereocenters. The van der Waals surface area contributed by atoms with Crippen LogP contribution in [0.15, 0.2) is 33.9 Å². The lowest BCUT2D eigenvalue weighted by Crippen LogP contribution is -2.44. The highest BCUT2D eigenvalue weighted by Crippen LogP contribution is 2.34. The van der Waals surface area contributed by atoms with Crippen molar-refractivity contribution in [2.45, 2.75) is 37.3 Å². The monoisotopic (exact) mass is 496 g/mol. The van der Waals surface area contributed by atoms with Crippen LogP contribution in [0.5, 0.6) is 5.75 Å². The van der Waals surface area contributed by atoms with Gasteiger partial charge in [-0.1, -0.05) is 15.9 Å². The maximum absolute atomic E-state index is 12.9. The molecule has 1 aromatic carbocycles. The van der Waals surface area contributed by atoms with Crippen molar-refractivity contribution in [1.82, 2.24) is 19.2 Å². The van der Waals surface area contributed by atoms with Crippen molar-refractivity contribution in [1.29, 1.82) is 0 Å². The van der Waals surface area contributed by atoms with E-state index in [1.165, 1.54) is 10.5 Å². The van der Waals surface area contributed by atoms with E-state index in [0.717, 1.165) is 15.8 Å². The Morgan fingerprint density at radius 3 is 2.67 bits per heavy atom. The van der Waals surface area contributed by atoms with Crippen molar-refractivity contribution >= 4 is 31.9 Å². The number of aromatic nitrogens is 2. The van der Waals surface area contributed by atoms with Crippen LogP contribution in [0.1, 0.15) is 36.7 Å². The first-order valence-corrected chi connectivity index (χ1v) is 12.2. The molecule has 162 valence electrons. The van der Waals surface area contributed by atoms with Gasteiger partial charge in [-0.3, -0.25) is 4.79 Å². The maximum Gasteiger partial charge on any atom is 0.262 e. The average molecular weight is 497 g/mol. The lowest BCUT2D eigenvalue weighted by atomic mass is 9.95. The van der Waals surface area contributed by atoms with Gasteiger partial charge in [-0.2, -0.15) is 4.31 Å². The van der Waals surface area contributed by atoms with E-state index in [1.807, 2.05) is 18.2 Å². The number of amides is 1. The number of hydrogen-bond acceptors (Lipinski definition) is 5. The summed E-state index contributed by atoms with van der Waals surface area (Å²) in [6.07, 6.45) is 3.22. The molecule has 30 heavy (non-hydrogen) atoms. The maximum atomic E-state index is 12.9. The molecule has 3 heterocycles. The molecule has 1 N–H and O–H groups in total. The third-order valence-corrected chi connectivity index (χ3v) is 8.11. The number of imidazole rings is 1. The molecule has 1 fully saturated rings. The quantitative estimate of drug-likeness (QED) is 0.701. The number of rotatable bonds is 4. The van der Waals surface area contributed by atoms with E-state index in [4.69, 9.17) is 4.74 Å². The summed E-state index contributed by atoms with van der Waals surface area (Å²) in [5.41, 5.74) is 0.967. The predicted octanol–water partition coefficient (Wildman–Crippen LogP) is 2.53. The smallest absolute Gasteiger partial charge is 0.262 e. The molecule has 0 aliphatic carbocycles. The van der Waals surface area contributed by atoms with Crippen LogP contribution in [0, 0.1) is 12.8 Å². The summed E-state index contributed by atoms with van der Waals surface area (Å²) in [7, 11) is -1.87. The number of hydrogen-bond donors (Lipinski definition) is 1. The molecule has 0 bridgehead atoms. The minimum atomic E-state index is -3.64. The molecule has 0 radical (unpaired) electrons. The van der Waals surface area contributed by atoms with Crippen LogP contribution in [0.4, 0.5) is 0 Å². The second kappa shape index (κ2) is 8.32. The lowest BCUT2D eigenvalue weighted by Gasteiger charge is -2.32. The van der Waals surface area contributed by atoms with Crippen LogP contribution >= 0.6 is 15.9 Å². The summed E-state index contributed by atoms with van der Waals surface area (Å²) in [5.74, 6) is 1.20. The van der Waals surface area contributed by atoms with E-state index in [0.29, 0.717) is 44.8 Å². The fourth-order valence-corrected chi connectivity index (χ4v) is 5.82. The first-order chi connectivity index (χ1) is 14.3. The van der Waals surface area contributed by atoms with Gasteiger partial charge in [-0.05, 0) is 38.0 Å². The summed E-state index contributed by atoms with van der Waals surface area (Å²) in [6.45, 7) is 2.94. The van der Waals surface area contributed by atoms with Gasteiger partial charge in [0.1, 0.15) is 11.6 Å². The lowest BCUT2D eigenvalue weighted by molar-refractivity contribution is -0.127. The Hall–Kier alpha value is -1.91. The van der Waals surface area contributed by atoms with Gasteiger partial charge >= 0.3 is 0 Å². The Labute approximate surface area is 184 Å². The molecule has 8 nitrogen and oxygen atoms in total. The van der Waals surface area contributed by atoms with Crippen LogP contribution in [-0.4, -0.2) is 47.9 Å². The Bertz CT molecular complexity index is 1040. The molecule has 1 saturated heterocycles. The number of ether oxygens (including phenoxy) is 1. The SMILES string of the molecule is Cc1nc(S(=O)(=O)N2CCC(C(=O)NC3CCOc4ccc(Br)cc43)CC2)cn1C. The minimum Gasteiger partial charge on any atom is -0.493 e. The second-order valence-electron chi connectivity index (χ2n) is 7.80. The first-order valence-electron chi connectivity index (χ1n) is 9.98. The summed E-state index contributed by atoms with van der Waals surface area (Å²) >= 11 is 3.47. The van der Waals surface area contributed by atoms with Crippen molar-refractivity contribution in [2.24, 2.45) is 13.0 Å². The van der Waals surface area contributed by atoms with E-state index in [2.05, 4.69) is 26.2 Å². The van der Waals surface area contributed by atoms with Gasteiger partial charge in [0.25, 0.3) is 10.0 Å². The average Bonchev–Trinajstić information content (AvgIpc) is 3.08. The first kappa shape index (κ1) is 21.3. The third-order valence-electron chi connectivity index (χ3n) is 5.84. The number of benzene rings is 1. The number of piperidine rings is 1. The highest BCUT2D eigenvalue weighted by Gasteiger charge is 2.34. The van der Waals surface area contributed by atoms with E-state index in [-0.39, 0.29) is 22.9 Å². The molecule has 4 rings (SSSR count). The molecule has 1 amide bonds. The molecule has 1 aromatic heterocycles. The fraction of sp³-hybridized carbons (Fsp3) is 0.500. The van der Waals surface area contributed by atoms with Crippen LogP contribution in [0.3, 0.4) is 0 Å². The summed E-state index contributed by atoms with van der Waals surface area (Å²) in [6, 6.07) is 5.70. The van der Waals surface area contributed by atoms with Crippen molar-refractivity contribution in [3.63, 3.8) is 0 Å².